The summed E-state index contributed by atoms with van der Waals surface area (Å²) in [6.45, 7) is 0. The van der Waals surface area contributed by atoms with Crippen LogP contribution >= 0.6 is 11.6 Å². The van der Waals surface area contributed by atoms with Crippen molar-refractivity contribution in [2.75, 3.05) is 0 Å². The van der Waals surface area contributed by atoms with Crippen molar-refractivity contribution in [1.29, 1.82) is 0 Å². The largest absolute Gasteiger partial charge is 0.451 e. The SMILES string of the molecule is NC(=NN=C(N)NC(=O)c1ccc(-c2ccccc2Cl)o1)NC(=O)c1ccc(-c2ccccc2)o1. The van der Waals surface area contributed by atoms with Crippen LogP contribution in [0, 0.1) is 0 Å². The van der Waals surface area contributed by atoms with E-state index in [0.29, 0.717) is 22.1 Å². The Morgan fingerprint density at radius 2 is 1.20 bits per heavy atom. The van der Waals surface area contributed by atoms with Crippen molar-refractivity contribution in [1.82, 2.24) is 10.6 Å². The quantitative estimate of drug-likeness (QED) is 0.190. The molecule has 0 unspecified atom stereocenters. The number of amides is 2. The molecule has 11 heteroatoms. The number of furan rings is 2. The van der Waals surface area contributed by atoms with Gasteiger partial charge in [-0.25, -0.2) is 0 Å². The Balaban J connectivity index is 1.35. The van der Waals surface area contributed by atoms with Gasteiger partial charge in [-0.3, -0.25) is 20.2 Å². The number of guanidine groups is 2. The van der Waals surface area contributed by atoms with Crippen LogP contribution in [0.1, 0.15) is 21.1 Å². The number of hydrogen-bond donors (Lipinski definition) is 4. The molecule has 35 heavy (non-hydrogen) atoms. The Hall–Kier alpha value is -4.83. The summed E-state index contributed by atoms with van der Waals surface area (Å²) in [5, 5.41) is 12.3. The molecule has 2 heterocycles. The minimum Gasteiger partial charge on any atom is -0.451 e. The van der Waals surface area contributed by atoms with Gasteiger partial charge in [-0.05, 0) is 36.4 Å². The van der Waals surface area contributed by atoms with Gasteiger partial charge < -0.3 is 20.3 Å². The van der Waals surface area contributed by atoms with Gasteiger partial charge in [0.15, 0.2) is 11.5 Å². The Morgan fingerprint density at radius 1 is 0.686 bits per heavy atom. The molecule has 0 fully saturated rings. The number of nitrogens with two attached hydrogens (primary N) is 2. The smallest absolute Gasteiger partial charge is 0.293 e. The summed E-state index contributed by atoms with van der Waals surface area (Å²) >= 11 is 6.15. The van der Waals surface area contributed by atoms with Crippen LogP contribution in [0.5, 0.6) is 0 Å². The fraction of sp³-hybridized carbons (Fsp3) is 0. The first-order valence-corrected chi connectivity index (χ1v) is 10.6. The van der Waals surface area contributed by atoms with Crippen LogP contribution in [0.4, 0.5) is 0 Å². The highest BCUT2D eigenvalue weighted by Crippen LogP contribution is 2.29. The van der Waals surface area contributed by atoms with Crippen LogP contribution in [-0.4, -0.2) is 23.7 Å². The van der Waals surface area contributed by atoms with E-state index in [4.69, 9.17) is 31.9 Å². The highest BCUT2D eigenvalue weighted by Gasteiger charge is 2.15. The van der Waals surface area contributed by atoms with Gasteiger partial charge in [-0.1, -0.05) is 54.1 Å². The van der Waals surface area contributed by atoms with Crippen LogP contribution in [0.15, 0.2) is 97.9 Å². The summed E-state index contributed by atoms with van der Waals surface area (Å²) in [6.07, 6.45) is 0. The molecular weight excluding hydrogens is 472 g/mol. The van der Waals surface area contributed by atoms with E-state index >= 15 is 0 Å². The predicted molar refractivity (Wildman–Crippen MR) is 131 cm³/mol. The maximum absolute atomic E-state index is 12.4. The molecule has 2 amide bonds. The second-order valence-corrected chi connectivity index (χ2v) is 7.46. The molecule has 2 aromatic carbocycles. The summed E-state index contributed by atoms with van der Waals surface area (Å²) < 4.78 is 11.1. The number of carbonyl (C=O) groups is 2. The van der Waals surface area contributed by atoms with Crippen molar-refractivity contribution >= 4 is 35.3 Å². The summed E-state index contributed by atoms with van der Waals surface area (Å²) in [7, 11) is 0. The molecule has 6 N–H and O–H groups in total. The van der Waals surface area contributed by atoms with Gasteiger partial charge in [0.05, 0.1) is 5.02 Å². The normalized spacial score (nSPS) is 11.8. The summed E-state index contributed by atoms with van der Waals surface area (Å²) in [6, 6.07) is 22.6. The predicted octanol–water partition coefficient (Wildman–Crippen LogP) is 3.56. The molecule has 0 aliphatic carbocycles. The molecule has 0 atom stereocenters. The Kier molecular flexibility index (Phi) is 6.94. The molecule has 4 aromatic rings. The molecule has 0 radical (unpaired) electrons. The zero-order valence-corrected chi connectivity index (χ0v) is 18.8. The van der Waals surface area contributed by atoms with E-state index in [1.165, 1.54) is 12.1 Å². The van der Waals surface area contributed by atoms with Gasteiger partial charge in [0.1, 0.15) is 11.5 Å². The van der Waals surface area contributed by atoms with Crippen molar-refractivity contribution in [3.05, 3.63) is 95.4 Å². The third-order valence-electron chi connectivity index (χ3n) is 4.61. The van der Waals surface area contributed by atoms with Crippen molar-refractivity contribution in [3.63, 3.8) is 0 Å². The molecule has 0 bridgehead atoms. The number of benzene rings is 2. The van der Waals surface area contributed by atoms with Crippen LogP contribution < -0.4 is 22.1 Å². The van der Waals surface area contributed by atoms with E-state index in [0.717, 1.165) is 5.56 Å². The molecule has 0 saturated carbocycles. The van der Waals surface area contributed by atoms with Crippen LogP contribution in [-0.2, 0) is 0 Å². The molecule has 176 valence electrons. The summed E-state index contributed by atoms with van der Waals surface area (Å²) in [5.41, 5.74) is 12.8. The van der Waals surface area contributed by atoms with E-state index in [9.17, 15) is 9.59 Å². The first-order valence-electron chi connectivity index (χ1n) is 10.2. The number of nitrogens with zero attached hydrogens (tertiary/aromatic N) is 2. The fourth-order valence-corrected chi connectivity index (χ4v) is 3.23. The second-order valence-electron chi connectivity index (χ2n) is 7.05. The van der Waals surface area contributed by atoms with Crippen LogP contribution in [0.2, 0.25) is 5.02 Å². The van der Waals surface area contributed by atoms with Crippen molar-refractivity contribution < 1.29 is 18.4 Å². The molecule has 0 saturated heterocycles. The monoisotopic (exact) mass is 490 g/mol. The molecule has 0 spiro atoms. The van der Waals surface area contributed by atoms with Gasteiger partial charge in [-0.2, -0.15) is 0 Å². The lowest BCUT2D eigenvalue weighted by Crippen LogP contribution is -2.38. The first kappa shape index (κ1) is 23.3. The molecule has 0 aliphatic heterocycles. The summed E-state index contributed by atoms with van der Waals surface area (Å²) in [4.78, 5) is 24.7. The Labute approximate surface area is 204 Å². The van der Waals surface area contributed by atoms with E-state index in [1.807, 2.05) is 30.3 Å². The molecule has 4 rings (SSSR count). The molecular formula is C24H19ClN6O4. The topological polar surface area (TPSA) is 161 Å². The van der Waals surface area contributed by atoms with E-state index < -0.39 is 11.8 Å². The lowest BCUT2D eigenvalue weighted by Gasteiger charge is -2.02. The number of carbonyl (C=O) groups excluding carboxylic acids is 2. The Bertz CT molecular complexity index is 1420. The summed E-state index contributed by atoms with van der Waals surface area (Å²) in [5.74, 6) is -1.08. The lowest BCUT2D eigenvalue weighted by molar-refractivity contribution is 0.0942. The van der Waals surface area contributed by atoms with Gasteiger partial charge in [0, 0.05) is 11.1 Å². The van der Waals surface area contributed by atoms with Crippen molar-refractivity contribution in [2.24, 2.45) is 21.7 Å². The zero-order chi connectivity index (χ0) is 24.8. The minimum absolute atomic E-state index is 0.0182. The van der Waals surface area contributed by atoms with Gasteiger partial charge >= 0.3 is 0 Å². The van der Waals surface area contributed by atoms with E-state index in [1.54, 1.807) is 36.4 Å². The van der Waals surface area contributed by atoms with Gasteiger partial charge in [-0.15, -0.1) is 10.2 Å². The minimum atomic E-state index is -0.661. The molecule has 0 aliphatic rings. The maximum atomic E-state index is 12.4. The average Bonchev–Trinajstić information content (AvgIpc) is 3.54. The van der Waals surface area contributed by atoms with Gasteiger partial charge in [0.2, 0.25) is 11.9 Å². The third-order valence-corrected chi connectivity index (χ3v) is 4.94. The lowest BCUT2D eigenvalue weighted by atomic mass is 10.2. The average molecular weight is 491 g/mol. The van der Waals surface area contributed by atoms with Crippen molar-refractivity contribution in [2.45, 2.75) is 0 Å². The first-order chi connectivity index (χ1) is 16.9. The zero-order valence-electron chi connectivity index (χ0n) is 18.1. The van der Waals surface area contributed by atoms with Crippen molar-refractivity contribution in [3.8, 4) is 22.6 Å². The number of rotatable bonds is 5. The maximum Gasteiger partial charge on any atom is 0.293 e. The second kappa shape index (κ2) is 10.4. The standard InChI is InChI=1S/C24H19ClN6O4/c25-16-9-5-4-8-15(16)18-11-13-20(35-18)22(33)29-24(27)31-30-23(26)28-21(32)19-12-10-17(34-19)14-6-2-1-3-7-14/h1-13H,(H3,26,28,30,32)(H3,27,29,31,33). The number of hydrogen-bond acceptors (Lipinski definition) is 6. The molecule has 10 nitrogen and oxygen atoms in total. The number of nitrogens with one attached hydrogen (secondary N) is 2. The van der Waals surface area contributed by atoms with Gasteiger partial charge in [0.25, 0.3) is 11.8 Å². The highest BCUT2D eigenvalue weighted by atomic mass is 35.5. The Morgan fingerprint density at radius 3 is 1.80 bits per heavy atom. The molecule has 2 aromatic heterocycles. The number of halogens is 1. The highest BCUT2D eigenvalue weighted by molar-refractivity contribution is 6.33. The fourth-order valence-electron chi connectivity index (χ4n) is 3.00. The third kappa shape index (κ3) is 5.75. The van der Waals surface area contributed by atoms with Crippen LogP contribution in [0.25, 0.3) is 22.6 Å². The van der Waals surface area contributed by atoms with E-state index in [-0.39, 0.29) is 23.4 Å². The van der Waals surface area contributed by atoms with Crippen LogP contribution in [0.3, 0.4) is 0 Å². The van der Waals surface area contributed by atoms with E-state index in [2.05, 4.69) is 20.8 Å².